The Morgan fingerprint density at radius 2 is 1.70 bits per heavy atom. The number of hydrogen-bond acceptors (Lipinski definition) is 7. The molecule has 0 radical (unpaired) electrons. The van der Waals surface area contributed by atoms with Gasteiger partial charge in [-0.15, -0.1) is 24.0 Å². The Kier molecular flexibility index (Phi) is 12.3. The number of halogens is 1. The Hall–Kier alpha value is -1.24. The molecule has 0 aliphatic carbocycles. The highest BCUT2D eigenvalue weighted by Gasteiger charge is 2.18. The zero-order valence-corrected chi connectivity index (χ0v) is 20.5. The summed E-state index contributed by atoms with van der Waals surface area (Å²) in [5.74, 6) is 1.76. The molecule has 10 heteroatoms. The number of rotatable bonds is 9. The normalized spacial score (nSPS) is 18.7. The molecule has 9 nitrogen and oxygen atoms in total. The maximum absolute atomic E-state index is 5.40. The van der Waals surface area contributed by atoms with Crippen molar-refractivity contribution in [1.82, 2.24) is 30.4 Å². The zero-order chi connectivity index (χ0) is 20.2. The Labute approximate surface area is 197 Å². The van der Waals surface area contributed by atoms with Crippen molar-refractivity contribution >= 4 is 35.9 Å². The number of nitrogens with one attached hydrogen (secondary N) is 2. The van der Waals surface area contributed by atoms with E-state index in [1.54, 1.807) is 12.4 Å². The van der Waals surface area contributed by atoms with E-state index in [9.17, 15) is 0 Å². The summed E-state index contributed by atoms with van der Waals surface area (Å²) in [5, 5.41) is 6.82. The van der Waals surface area contributed by atoms with Crippen molar-refractivity contribution in [3.8, 4) is 0 Å². The molecule has 0 spiro atoms. The van der Waals surface area contributed by atoms with E-state index in [0.717, 1.165) is 104 Å². The topological polar surface area (TPSA) is 81.2 Å². The van der Waals surface area contributed by atoms with Gasteiger partial charge in [0.2, 0.25) is 5.95 Å². The van der Waals surface area contributed by atoms with Crippen LogP contribution < -0.4 is 15.5 Å². The summed E-state index contributed by atoms with van der Waals surface area (Å²) in [7, 11) is 0. The van der Waals surface area contributed by atoms with Crippen molar-refractivity contribution in [1.29, 1.82) is 0 Å². The van der Waals surface area contributed by atoms with Gasteiger partial charge in [0.15, 0.2) is 5.96 Å². The lowest BCUT2D eigenvalue weighted by Crippen LogP contribution is -2.49. The van der Waals surface area contributed by atoms with Crippen LogP contribution in [0.1, 0.15) is 13.3 Å². The van der Waals surface area contributed by atoms with Crippen LogP contribution in [0.25, 0.3) is 0 Å². The molecule has 2 aliphatic rings. The first kappa shape index (κ1) is 25.0. The summed E-state index contributed by atoms with van der Waals surface area (Å²) in [6.45, 7) is 14.7. The van der Waals surface area contributed by atoms with E-state index < -0.39 is 0 Å². The van der Waals surface area contributed by atoms with Crippen molar-refractivity contribution in [2.45, 2.75) is 13.3 Å². The number of aromatic nitrogens is 2. The molecule has 3 rings (SSSR count). The lowest BCUT2D eigenvalue weighted by Gasteiger charge is -2.34. The molecule has 0 unspecified atom stereocenters. The number of nitrogens with zero attached hydrogens (tertiary/aromatic N) is 6. The summed E-state index contributed by atoms with van der Waals surface area (Å²) in [6, 6.07) is 1.86. The molecule has 1 aromatic heterocycles. The Morgan fingerprint density at radius 1 is 1.00 bits per heavy atom. The molecule has 0 atom stereocenters. The fourth-order valence-electron chi connectivity index (χ4n) is 3.61. The number of morpholine rings is 1. The molecule has 2 fully saturated rings. The smallest absolute Gasteiger partial charge is 0.225 e. The van der Waals surface area contributed by atoms with Crippen LogP contribution in [-0.2, 0) is 4.74 Å². The van der Waals surface area contributed by atoms with Crippen molar-refractivity contribution in [2.24, 2.45) is 4.99 Å². The molecule has 0 aromatic carbocycles. The van der Waals surface area contributed by atoms with Crippen LogP contribution in [-0.4, -0.2) is 111 Å². The van der Waals surface area contributed by atoms with Gasteiger partial charge in [0.05, 0.1) is 13.2 Å². The van der Waals surface area contributed by atoms with Gasteiger partial charge in [0, 0.05) is 84.4 Å². The van der Waals surface area contributed by atoms with Gasteiger partial charge in [0.25, 0.3) is 0 Å². The van der Waals surface area contributed by atoms with Gasteiger partial charge >= 0.3 is 0 Å². The predicted molar refractivity (Wildman–Crippen MR) is 132 cm³/mol. The van der Waals surface area contributed by atoms with Gasteiger partial charge in [-0.2, -0.15) is 0 Å². The van der Waals surface area contributed by atoms with Gasteiger partial charge < -0.3 is 20.3 Å². The van der Waals surface area contributed by atoms with Crippen LogP contribution in [0.4, 0.5) is 5.95 Å². The van der Waals surface area contributed by atoms with E-state index >= 15 is 0 Å². The summed E-state index contributed by atoms with van der Waals surface area (Å²) >= 11 is 0. The summed E-state index contributed by atoms with van der Waals surface area (Å²) in [6.07, 6.45) is 4.70. The molecule has 2 N–H and O–H groups in total. The number of guanidine groups is 1. The minimum absolute atomic E-state index is 0. The molecule has 0 saturated carbocycles. The minimum Gasteiger partial charge on any atom is -0.379 e. The Morgan fingerprint density at radius 3 is 2.40 bits per heavy atom. The van der Waals surface area contributed by atoms with Crippen molar-refractivity contribution in [2.75, 3.05) is 90.1 Å². The molecule has 0 bridgehead atoms. The number of ether oxygens (including phenoxy) is 1. The third-order valence-corrected chi connectivity index (χ3v) is 5.28. The predicted octanol–water partition coefficient (Wildman–Crippen LogP) is 0.494. The molecule has 170 valence electrons. The Bertz CT molecular complexity index is 592. The maximum atomic E-state index is 5.40. The number of hydrogen-bond donors (Lipinski definition) is 2. The fourth-order valence-corrected chi connectivity index (χ4v) is 3.61. The number of aliphatic imine (C=N–C) groups is 1. The van der Waals surface area contributed by atoms with Crippen molar-refractivity contribution in [3.63, 3.8) is 0 Å². The standard InChI is InChI=1S/C20H36N8O.HI/c1-2-21-19(22-7-4-9-26-15-17-29-18-16-26)23-8-10-27-11-13-28(14-12-27)20-24-5-3-6-25-20;/h3,5-6H,2,4,7-18H2,1H3,(H2,21,22,23);1H. The van der Waals surface area contributed by atoms with Gasteiger partial charge in [0.1, 0.15) is 0 Å². The molecule has 1 aromatic rings. The number of anilines is 1. The highest BCUT2D eigenvalue weighted by atomic mass is 127. The first-order chi connectivity index (χ1) is 14.3. The first-order valence-electron chi connectivity index (χ1n) is 10.9. The van der Waals surface area contributed by atoms with E-state index in [1.807, 2.05) is 6.07 Å². The van der Waals surface area contributed by atoms with Gasteiger partial charge in [-0.05, 0) is 19.4 Å². The van der Waals surface area contributed by atoms with Gasteiger partial charge in [-0.3, -0.25) is 14.8 Å². The molecule has 0 amide bonds. The zero-order valence-electron chi connectivity index (χ0n) is 18.1. The fraction of sp³-hybridized carbons (Fsp3) is 0.750. The summed E-state index contributed by atoms with van der Waals surface area (Å²) in [4.78, 5) is 20.6. The second kappa shape index (κ2) is 14.7. The molecule has 3 heterocycles. The monoisotopic (exact) mass is 532 g/mol. The molecule has 2 aliphatic heterocycles. The van der Waals surface area contributed by atoms with Crippen LogP contribution in [0.5, 0.6) is 0 Å². The largest absolute Gasteiger partial charge is 0.379 e. The highest BCUT2D eigenvalue weighted by Crippen LogP contribution is 2.09. The maximum Gasteiger partial charge on any atom is 0.225 e. The molecular formula is C20H37IN8O. The van der Waals surface area contributed by atoms with E-state index in [4.69, 9.17) is 9.73 Å². The van der Waals surface area contributed by atoms with E-state index in [-0.39, 0.29) is 24.0 Å². The summed E-state index contributed by atoms with van der Waals surface area (Å²) in [5.41, 5.74) is 0. The molecular weight excluding hydrogens is 495 g/mol. The third kappa shape index (κ3) is 8.86. The first-order valence-corrected chi connectivity index (χ1v) is 10.9. The lowest BCUT2D eigenvalue weighted by atomic mass is 10.3. The van der Waals surface area contributed by atoms with E-state index in [1.165, 1.54) is 0 Å². The van der Waals surface area contributed by atoms with Gasteiger partial charge in [-0.1, -0.05) is 0 Å². The average Bonchev–Trinajstić information content (AvgIpc) is 2.78. The minimum atomic E-state index is 0. The summed E-state index contributed by atoms with van der Waals surface area (Å²) < 4.78 is 5.40. The second-order valence-corrected chi connectivity index (χ2v) is 7.37. The SMILES string of the molecule is CCNC(=NCCCN1CCOCC1)NCCN1CCN(c2ncccn2)CC1.I. The average molecular weight is 532 g/mol. The quantitative estimate of drug-likeness (QED) is 0.206. The second-order valence-electron chi connectivity index (χ2n) is 7.37. The lowest BCUT2D eigenvalue weighted by molar-refractivity contribution is 0.0377. The van der Waals surface area contributed by atoms with E-state index in [0.29, 0.717) is 0 Å². The van der Waals surface area contributed by atoms with Crippen LogP contribution in [0.3, 0.4) is 0 Å². The molecule has 30 heavy (non-hydrogen) atoms. The molecule has 2 saturated heterocycles. The van der Waals surface area contributed by atoms with Crippen LogP contribution >= 0.6 is 24.0 Å². The van der Waals surface area contributed by atoms with Crippen LogP contribution in [0, 0.1) is 0 Å². The van der Waals surface area contributed by atoms with Crippen molar-refractivity contribution < 1.29 is 4.74 Å². The van der Waals surface area contributed by atoms with E-state index in [2.05, 4.69) is 42.2 Å². The number of piperazine rings is 1. The third-order valence-electron chi connectivity index (χ3n) is 5.28. The highest BCUT2D eigenvalue weighted by molar-refractivity contribution is 14.0. The van der Waals surface area contributed by atoms with Crippen LogP contribution in [0.2, 0.25) is 0 Å². The van der Waals surface area contributed by atoms with Crippen molar-refractivity contribution in [3.05, 3.63) is 18.5 Å². The Balaban J connectivity index is 0.00000320. The van der Waals surface area contributed by atoms with Gasteiger partial charge in [-0.25, -0.2) is 9.97 Å². The van der Waals surface area contributed by atoms with Crippen LogP contribution in [0.15, 0.2) is 23.5 Å².